The summed E-state index contributed by atoms with van der Waals surface area (Å²) in [4.78, 5) is 35.6. The topological polar surface area (TPSA) is 108 Å². The SMILES string of the molecule is CCCC1(C)OC(=O)C(/C=C/C=C/C=C/C=C2C(=O)OC(C)(C)OC2=O)=C(O)O1. The molecule has 0 aromatic carbocycles. The van der Waals surface area contributed by atoms with Gasteiger partial charge in [-0.05, 0) is 18.6 Å². The normalized spacial score (nSPS) is 24.7. The molecular weight excluding hydrogens is 380 g/mol. The molecule has 1 atom stereocenters. The van der Waals surface area contributed by atoms with Gasteiger partial charge in [0, 0.05) is 27.2 Å². The van der Waals surface area contributed by atoms with Crippen molar-refractivity contribution in [2.45, 2.75) is 52.1 Å². The van der Waals surface area contributed by atoms with Crippen LogP contribution in [0.15, 0.2) is 59.6 Å². The zero-order chi connectivity index (χ0) is 21.7. The summed E-state index contributed by atoms with van der Waals surface area (Å²) in [5, 5.41) is 9.95. The smallest absolute Gasteiger partial charge is 0.348 e. The minimum atomic E-state index is -1.28. The van der Waals surface area contributed by atoms with E-state index >= 15 is 0 Å². The number of esters is 3. The lowest BCUT2D eigenvalue weighted by Crippen LogP contribution is -2.41. The molecule has 0 spiro atoms. The Balaban J connectivity index is 1.96. The zero-order valence-electron chi connectivity index (χ0n) is 16.8. The van der Waals surface area contributed by atoms with Crippen molar-refractivity contribution in [2.24, 2.45) is 0 Å². The molecule has 29 heavy (non-hydrogen) atoms. The molecule has 8 nitrogen and oxygen atoms in total. The molecule has 2 rings (SSSR count). The fourth-order valence-electron chi connectivity index (χ4n) is 2.61. The van der Waals surface area contributed by atoms with Crippen LogP contribution in [-0.2, 0) is 33.3 Å². The van der Waals surface area contributed by atoms with E-state index in [-0.39, 0.29) is 11.1 Å². The number of aliphatic hydroxyl groups excluding tert-OH is 1. The minimum absolute atomic E-state index is 0.0929. The van der Waals surface area contributed by atoms with Gasteiger partial charge in [0.05, 0.1) is 0 Å². The van der Waals surface area contributed by atoms with Crippen LogP contribution in [-0.4, -0.2) is 34.6 Å². The third kappa shape index (κ3) is 5.84. The zero-order valence-corrected chi connectivity index (χ0v) is 16.8. The van der Waals surface area contributed by atoms with Crippen molar-refractivity contribution >= 4 is 17.9 Å². The van der Waals surface area contributed by atoms with Gasteiger partial charge in [-0.1, -0.05) is 37.3 Å². The first-order valence-corrected chi connectivity index (χ1v) is 9.11. The average molecular weight is 404 g/mol. The van der Waals surface area contributed by atoms with Crippen LogP contribution in [0.4, 0.5) is 0 Å². The number of aliphatic hydroxyl groups is 1. The molecule has 0 radical (unpaired) electrons. The maximum absolute atomic E-state index is 12.0. The predicted octanol–water partition coefficient (Wildman–Crippen LogP) is 3.28. The van der Waals surface area contributed by atoms with Crippen LogP contribution in [0.25, 0.3) is 0 Å². The molecule has 0 aliphatic carbocycles. The molecule has 0 amide bonds. The highest BCUT2D eigenvalue weighted by molar-refractivity contribution is 6.15. The number of carbonyl (C=O) groups is 3. The number of hydrogen-bond donors (Lipinski definition) is 1. The van der Waals surface area contributed by atoms with Crippen LogP contribution in [0.2, 0.25) is 0 Å². The number of ether oxygens (including phenoxy) is 4. The van der Waals surface area contributed by atoms with Gasteiger partial charge in [-0.2, -0.15) is 0 Å². The fourth-order valence-corrected chi connectivity index (χ4v) is 2.61. The second kappa shape index (κ2) is 8.81. The van der Waals surface area contributed by atoms with Gasteiger partial charge in [-0.15, -0.1) is 0 Å². The molecule has 1 N–H and O–H groups in total. The molecule has 0 saturated carbocycles. The van der Waals surface area contributed by atoms with Crippen LogP contribution in [0, 0.1) is 0 Å². The van der Waals surface area contributed by atoms with E-state index in [4.69, 9.17) is 18.9 Å². The summed E-state index contributed by atoms with van der Waals surface area (Å²) >= 11 is 0. The standard InChI is InChI=1S/C21H24O8/c1-5-13-21(4)28-18(24)15(19(25)29-21)12-10-8-6-7-9-11-14-16(22)26-20(2,3)27-17(14)23/h6-12,24H,5,13H2,1-4H3/b8-6+,9-7+,12-10+. The predicted molar refractivity (Wildman–Crippen MR) is 102 cm³/mol. The van der Waals surface area contributed by atoms with E-state index in [1.165, 1.54) is 38.2 Å². The first-order chi connectivity index (χ1) is 13.6. The lowest BCUT2D eigenvalue weighted by molar-refractivity contribution is -0.232. The summed E-state index contributed by atoms with van der Waals surface area (Å²) in [7, 11) is 0. The molecule has 156 valence electrons. The second-order valence-electron chi connectivity index (χ2n) is 6.98. The molecule has 2 aliphatic rings. The maximum atomic E-state index is 12.0. The van der Waals surface area contributed by atoms with Gasteiger partial charge in [0.1, 0.15) is 11.1 Å². The lowest BCUT2D eigenvalue weighted by Gasteiger charge is -2.33. The molecular formula is C21H24O8. The van der Waals surface area contributed by atoms with Crippen molar-refractivity contribution in [2.75, 3.05) is 0 Å². The largest absolute Gasteiger partial charge is 0.480 e. The molecule has 0 aromatic rings. The summed E-state index contributed by atoms with van der Waals surface area (Å²) in [6.45, 7) is 6.43. The Kier molecular flexibility index (Phi) is 6.68. The van der Waals surface area contributed by atoms with Gasteiger partial charge in [0.15, 0.2) is 0 Å². The second-order valence-corrected chi connectivity index (χ2v) is 6.98. The van der Waals surface area contributed by atoms with Crippen LogP contribution in [0.5, 0.6) is 0 Å². The van der Waals surface area contributed by atoms with Crippen molar-refractivity contribution in [3.05, 3.63) is 59.6 Å². The van der Waals surface area contributed by atoms with Crippen molar-refractivity contribution in [1.29, 1.82) is 0 Å². The summed E-state index contributed by atoms with van der Waals surface area (Å²) in [6.07, 6.45) is 11.5. The molecule has 0 aromatic heterocycles. The number of carbonyl (C=O) groups excluding carboxylic acids is 3. The van der Waals surface area contributed by atoms with Gasteiger partial charge in [0.2, 0.25) is 0 Å². The number of allylic oxidation sites excluding steroid dienone is 6. The first-order valence-electron chi connectivity index (χ1n) is 9.11. The van der Waals surface area contributed by atoms with Gasteiger partial charge in [0.25, 0.3) is 17.5 Å². The highest BCUT2D eigenvalue weighted by Crippen LogP contribution is 2.30. The molecule has 2 aliphatic heterocycles. The minimum Gasteiger partial charge on any atom is -0.480 e. The first kappa shape index (κ1) is 22.0. The van der Waals surface area contributed by atoms with Crippen molar-refractivity contribution < 1.29 is 38.4 Å². The molecule has 0 bridgehead atoms. The van der Waals surface area contributed by atoms with Crippen LogP contribution >= 0.6 is 0 Å². The quantitative estimate of drug-likeness (QED) is 0.311. The molecule has 8 heteroatoms. The third-order valence-electron chi connectivity index (χ3n) is 3.86. The highest BCUT2D eigenvalue weighted by atomic mass is 16.8. The number of rotatable bonds is 6. The van der Waals surface area contributed by atoms with E-state index in [2.05, 4.69) is 0 Å². The lowest BCUT2D eigenvalue weighted by atomic mass is 10.1. The fraction of sp³-hybridized carbons (Fsp3) is 0.381. The van der Waals surface area contributed by atoms with E-state index in [0.29, 0.717) is 6.42 Å². The van der Waals surface area contributed by atoms with Crippen molar-refractivity contribution in [1.82, 2.24) is 0 Å². The monoisotopic (exact) mass is 404 g/mol. The molecule has 1 unspecified atom stereocenters. The Hall–Kier alpha value is -3.29. The summed E-state index contributed by atoms with van der Waals surface area (Å²) < 4.78 is 20.5. The van der Waals surface area contributed by atoms with Crippen LogP contribution in [0.3, 0.4) is 0 Å². The van der Waals surface area contributed by atoms with E-state index in [0.717, 1.165) is 6.42 Å². The van der Waals surface area contributed by atoms with Crippen molar-refractivity contribution in [3.8, 4) is 0 Å². The Morgan fingerprint density at radius 1 is 0.828 bits per heavy atom. The Labute approximate surface area is 168 Å². The van der Waals surface area contributed by atoms with Gasteiger partial charge >= 0.3 is 17.9 Å². The van der Waals surface area contributed by atoms with E-state index in [1.54, 1.807) is 25.2 Å². The maximum Gasteiger partial charge on any atom is 0.348 e. The highest BCUT2D eigenvalue weighted by Gasteiger charge is 2.39. The molecule has 1 fully saturated rings. The van der Waals surface area contributed by atoms with Gasteiger partial charge < -0.3 is 24.1 Å². The molecule has 1 saturated heterocycles. The summed E-state index contributed by atoms with van der Waals surface area (Å²) in [5.41, 5.74) is -0.304. The average Bonchev–Trinajstić information content (AvgIpc) is 2.56. The van der Waals surface area contributed by atoms with Crippen LogP contribution in [0.1, 0.15) is 40.5 Å². The summed E-state index contributed by atoms with van der Waals surface area (Å²) in [5.74, 6) is -5.12. The van der Waals surface area contributed by atoms with Gasteiger partial charge in [-0.3, -0.25) is 0 Å². The Bertz CT molecular complexity index is 819. The summed E-state index contributed by atoms with van der Waals surface area (Å²) in [6, 6.07) is 0. The van der Waals surface area contributed by atoms with Crippen molar-refractivity contribution in [3.63, 3.8) is 0 Å². The van der Waals surface area contributed by atoms with E-state index < -0.39 is 35.4 Å². The Morgan fingerprint density at radius 3 is 2.00 bits per heavy atom. The Morgan fingerprint density at radius 2 is 1.41 bits per heavy atom. The van der Waals surface area contributed by atoms with E-state index in [9.17, 15) is 19.5 Å². The molecule has 2 heterocycles. The van der Waals surface area contributed by atoms with Crippen LogP contribution < -0.4 is 0 Å². The van der Waals surface area contributed by atoms with E-state index in [1.807, 2.05) is 6.92 Å². The number of hydrogen-bond acceptors (Lipinski definition) is 8. The number of cyclic esters (lactones) is 3. The van der Waals surface area contributed by atoms with Gasteiger partial charge in [-0.25, -0.2) is 14.4 Å². The third-order valence-corrected chi connectivity index (χ3v) is 3.86.